The Bertz CT molecular complexity index is 4120. The molecule has 0 aliphatic carbocycles. The molecule has 5 N–H and O–H groups in total. The van der Waals surface area contributed by atoms with Crippen molar-refractivity contribution in [3.05, 3.63) is 127 Å². The Labute approximate surface area is 439 Å². The van der Waals surface area contributed by atoms with Crippen molar-refractivity contribution in [1.29, 1.82) is 0 Å². The molecule has 0 spiro atoms. The van der Waals surface area contributed by atoms with Crippen LogP contribution in [0.3, 0.4) is 0 Å². The van der Waals surface area contributed by atoms with Gasteiger partial charge in [-0.1, -0.05) is 12.1 Å². The van der Waals surface area contributed by atoms with Gasteiger partial charge in [-0.2, -0.15) is 40.6 Å². The summed E-state index contributed by atoms with van der Waals surface area (Å²) < 4.78 is 132. The second kappa shape index (κ2) is 22.1. The highest BCUT2D eigenvalue weighted by Gasteiger charge is 2.24. The fraction of sp³-hybridized carbons (Fsp3) is 0.120. The van der Waals surface area contributed by atoms with E-state index in [2.05, 4.69) is 46.2 Å². The summed E-state index contributed by atoms with van der Waals surface area (Å²) in [6, 6.07) is 29.4. The molecule has 0 saturated carbocycles. The van der Waals surface area contributed by atoms with Crippen LogP contribution < -0.4 is 29.0 Å². The van der Waals surface area contributed by atoms with Crippen LogP contribution in [-0.2, 0) is 30.4 Å². The first-order valence-electron chi connectivity index (χ1n) is 22.1. The summed E-state index contributed by atoms with van der Waals surface area (Å²) in [5.74, 6) is 0.702. The van der Waals surface area contributed by atoms with E-state index < -0.39 is 56.5 Å². The number of methoxy groups -OCH3 is 5. The number of benzene rings is 8. The number of rotatable bonds is 18. The largest absolute Gasteiger partial charge is 0.505 e. The van der Waals surface area contributed by atoms with Gasteiger partial charge < -0.3 is 34.1 Å². The minimum Gasteiger partial charge on any atom is -0.505 e. The van der Waals surface area contributed by atoms with Gasteiger partial charge >= 0.3 is 0 Å². The monoisotopic (exact) mass is 1110 g/mol. The van der Waals surface area contributed by atoms with Crippen LogP contribution in [0.2, 0.25) is 0 Å². The Morgan fingerprint density at radius 1 is 0.416 bits per heavy atom. The highest BCUT2D eigenvalue weighted by molar-refractivity contribution is 7.86. The lowest BCUT2D eigenvalue weighted by molar-refractivity contribution is 0.403. The van der Waals surface area contributed by atoms with Crippen LogP contribution in [0.1, 0.15) is 5.56 Å². The van der Waals surface area contributed by atoms with Gasteiger partial charge in [-0.05, 0) is 103 Å². The normalized spacial score (nSPS) is 12.4. The lowest BCUT2D eigenvalue weighted by Gasteiger charge is -2.12. The topological polar surface area (TPSA) is 340 Å². The van der Waals surface area contributed by atoms with Crippen molar-refractivity contribution in [2.24, 2.45) is 40.9 Å². The van der Waals surface area contributed by atoms with Gasteiger partial charge in [0.05, 0.1) is 52.6 Å². The number of nitrogens with zero attached hydrogens (tertiary/aromatic N) is 8. The summed E-state index contributed by atoms with van der Waals surface area (Å²) in [6.07, 6.45) is 0. The van der Waals surface area contributed by atoms with Gasteiger partial charge in [0.1, 0.15) is 71.9 Å². The van der Waals surface area contributed by atoms with Gasteiger partial charge in [0.15, 0.2) is 5.75 Å². The van der Waals surface area contributed by atoms with E-state index in [4.69, 9.17) is 23.7 Å². The van der Waals surface area contributed by atoms with Crippen molar-refractivity contribution in [3.8, 4) is 34.5 Å². The quantitative estimate of drug-likeness (QED) is 0.0394. The van der Waals surface area contributed by atoms with Crippen LogP contribution in [-0.4, -0.2) is 79.6 Å². The molecule has 0 heterocycles. The van der Waals surface area contributed by atoms with Crippen molar-refractivity contribution in [3.63, 3.8) is 0 Å². The highest BCUT2D eigenvalue weighted by atomic mass is 32.2. The number of hydrogen-bond acceptors (Lipinski definition) is 21. The summed E-state index contributed by atoms with van der Waals surface area (Å²) in [5, 5.41) is 48.6. The number of phenolic OH excluding ortho intramolecular Hbond substituents is 1. The molecule has 0 aliphatic rings. The number of phenols is 1. The number of ether oxygens (including phenoxy) is 5. The number of fused-ring (bicyclic) bond motifs is 2. The molecule has 8 aromatic rings. The lowest BCUT2D eigenvalue weighted by atomic mass is 10.1. The minimum absolute atomic E-state index is 0.0170. The van der Waals surface area contributed by atoms with E-state index in [1.807, 2.05) is 0 Å². The molecule has 24 nitrogen and oxygen atoms in total. The van der Waals surface area contributed by atoms with Gasteiger partial charge in [-0.3, -0.25) is 13.7 Å². The zero-order valence-corrected chi connectivity index (χ0v) is 43.6. The first kappa shape index (κ1) is 54.3. The first-order valence-corrected chi connectivity index (χ1v) is 26.4. The molecule has 0 aromatic heterocycles. The van der Waals surface area contributed by atoms with E-state index in [-0.39, 0.29) is 73.0 Å². The molecule has 77 heavy (non-hydrogen) atoms. The number of nitrogens with one attached hydrogen (secondary N) is 1. The average Bonchev–Trinajstić information content (AvgIpc) is 3.40. The van der Waals surface area contributed by atoms with Crippen LogP contribution >= 0.6 is 0 Å². The maximum Gasteiger partial charge on any atom is 0.296 e. The molecule has 0 amide bonds. The molecule has 396 valence electrons. The Morgan fingerprint density at radius 3 is 1.44 bits per heavy atom. The van der Waals surface area contributed by atoms with Gasteiger partial charge in [-0.15, -0.1) is 25.6 Å². The second-order valence-electron chi connectivity index (χ2n) is 16.2. The zero-order chi connectivity index (χ0) is 55.4. The number of aryl methyl sites for hydroxylation is 1. The lowest BCUT2D eigenvalue weighted by Crippen LogP contribution is -2.03. The van der Waals surface area contributed by atoms with Crippen LogP contribution in [0.5, 0.6) is 34.5 Å². The number of aromatic hydroxyl groups is 1. The fourth-order valence-electron chi connectivity index (χ4n) is 7.66. The highest BCUT2D eigenvalue weighted by Crippen LogP contribution is 2.47. The third-order valence-electron chi connectivity index (χ3n) is 11.4. The minimum atomic E-state index is -4.96. The van der Waals surface area contributed by atoms with Crippen LogP contribution in [0.4, 0.5) is 56.9 Å². The third kappa shape index (κ3) is 12.1. The molecular formula is C50H43N9O15S3. The maximum atomic E-state index is 12.7. The number of anilines is 2. The van der Waals surface area contributed by atoms with E-state index in [0.717, 1.165) is 18.2 Å². The fourth-order valence-corrected chi connectivity index (χ4v) is 9.74. The Hall–Kier alpha value is -8.99. The Morgan fingerprint density at radius 2 is 0.922 bits per heavy atom. The molecule has 0 atom stereocenters. The van der Waals surface area contributed by atoms with E-state index in [9.17, 15) is 44.0 Å². The Kier molecular flexibility index (Phi) is 15.6. The third-order valence-corrected chi connectivity index (χ3v) is 14.0. The molecule has 0 aliphatic heterocycles. The summed E-state index contributed by atoms with van der Waals surface area (Å²) >= 11 is 0. The number of azo groups is 4. The van der Waals surface area contributed by atoms with Crippen LogP contribution in [0, 0.1) is 6.92 Å². The van der Waals surface area contributed by atoms with Gasteiger partial charge in [-0.25, -0.2) is 0 Å². The second-order valence-corrected chi connectivity index (χ2v) is 20.4. The summed E-state index contributed by atoms with van der Waals surface area (Å²) in [7, 11) is -7.57. The van der Waals surface area contributed by atoms with Crippen molar-refractivity contribution >= 4 is 109 Å². The summed E-state index contributed by atoms with van der Waals surface area (Å²) in [6.45, 7) is 1.69. The molecule has 8 rings (SSSR count). The number of hydrogen-bond donors (Lipinski definition) is 5. The van der Waals surface area contributed by atoms with Crippen molar-refractivity contribution < 1.29 is 67.7 Å². The van der Waals surface area contributed by atoms with E-state index in [1.54, 1.807) is 74.7 Å². The standard InChI is InChI=1S/C50H43N9O15S3/c1-27-18-31(13-17-37(27)54-53-32-21-36-35(47(22-32)76(64,65)66)8-7-9-46(36)75(61,62)63)52-55-38-23-43(72-4)39(24-42(38)71-3)56-57-40-25-45(74-6)41(26-44(40)73-5)58-59-49-48(77(67,68)69)20-28-19-30(12-16-34(28)50(49)60)51-29-10-14-33(70-2)15-11-29/h7-26,51,60H,1-6H3,(H,61,62,63)(H,64,65,66)(H,67,68,69). The molecule has 8 aromatic carbocycles. The zero-order valence-electron chi connectivity index (χ0n) is 41.1. The van der Waals surface area contributed by atoms with Gasteiger partial charge in [0.2, 0.25) is 0 Å². The molecule has 0 saturated heterocycles. The SMILES string of the molecule is COc1ccc(Nc2ccc3c(O)c(N=Nc4cc(OC)c(N=Nc5cc(OC)c(N=Nc6ccc(N=Nc7cc(S(=O)(=O)O)c8cccc(S(=O)(=O)O)c8c7)c(C)c6)cc5OC)cc4OC)c(S(=O)(=O)O)cc3c2)cc1. The van der Waals surface area contributed by atoms with Crippen LogP contribution in [0.15, 0.2) is 177 Å². The molecule has 0 bridgehead atoms. The van der Waals surface area contributed by atoms with Crippen molar-refractivity contribution in [1.82, 2.24) is 0 Å². The Balaban J connectivity index is 1.03. The summed E-state index contributed by atoms with van der Waals surface area (Å²) in [5.41, 5.74) is 2.40. The predicted molar refractivity (Wildman–Crippen MR) is 282 cm³/mol. The molecular weight excluding hydrogens is 1060 g/mol. The van der Waals surface area contributed by atoms with Gasteiger partial charge in [0.25, 0.3) is 30.4 Å². The average molecular weight is 1110 g/mol. The smallest absolute Gasteiger partial charge is 0.296 e. The molecule has 0 radical (unpaired) electrons. The van der Waals surface area contributed by atoms with Crippen molar-refractivity contribution in [2.75, 3.05) is 40.9 Å². The van der Waals surface area contributed by atoms with E-state index in [1.165, 1.54) is 70.9 Å². The van der Waals surface area contributed by atoms with E-state index in [0.29, 0.717) is 34.1 Å². The maximum absolute atomic E-state index is 12.7. The predicted octanol–water partition coefficient (Wildman–Crippen LogP) is 13.2. The first-order chi connectivity index (χ1) is 36.6. The summed E-state index contributed by atoms with van der Waals surface area (Å²) in [4.78, 5) is -1.94. The van der Waals surface area contributed by atoms with Crippen LogP contribution in [0.25, 0.3) is 21.5 Å². The molecule has 27 heteroatoms. The van der Waals surface area contributed by atoms with Gasteiger partial charge in [0, 0.05) is 51.8 Å². The van der Waals surface area contributed by atoms with Crippen molar-refractivity contribution in [2.45, 2.75) is 21.6 Å². The van der Waals surface area contributed by atoms with E-state index >= 15 is 0 Å². The molecule has 0 unspecified atom stereocenters. The molecule has 0 fully saturated rings.